The summed E-state index contributed by atoms with van der Waals surface area (Å²) in [6.45, 7) is 26.6. The molecule has 0 bridgehead atoms. The van der Waals surface area contributed by atoms with Crippen LogP contribution in [0.1, 0.15) is 68.2 Å². The van der Waals surface area contributed by atoms with E-state index >= 15 is 0 Å². The zero-order valence-electron chi connectivity index (χ0n) is 25.8. The van der Waals surface area contributed by atoms with Gasteiger partial charge in [-0.15, -0.1) is 26.7 Å². The minimum Gasteiger partial charge on any atom is -1.00 e. The van der Waals surface area contributed by atoms with Gasteiger partial charge in [0.05, 0.1) is 0 Å². The minimum atomic E-state index is 0. The Morgan fingerprint density at radius 3 is 0.947 bits per heavy atom. The molecule has 6 heteroatoms. The Kier molecular flexibility index (Phi) is 33.5. The van der Waals surface area contributed by atoms with E-state index in [2.05, 4.69) is 118 Å². The summed E-state index contributed by atoms with van der Waals surface area (Å²) in [5, 5.41) is 0. The van der Waals surface area contributed by atoms with E-state index in [1.54, 1.807) is 46.7 Å². The molecule has 0 aliphatic heterocycles. The summed E-state index contributed by atoms with van der Waals surface area (Å²) in [4.78, 5) is 0. The molecule has 0 fully saturated rings. The molecule has 4 rings (SSSR count). The topological polar surface area (TPSA) is 0 Å². The van der Waals surface area contributed by atoms with Gasteiger partial charge in [-0.2, -0.15) is 34.4 Å². The van der Waals surface area contributed by atoms with Crippen LogP contribution in [0.3, 0.4) is 0 Å². The maximum atomic E-state index is 3.36. The van der Waals surface area contributed by atoms with E-state index in [1.165, 1.54) is 33.4 Å². The molecule has 0 amide bonds. The van der Waals surface area contributed by atoms with Gasteiger partial charge in [0, 0.05) is 0 Å². The van der Waals surface area contributed by atoms with E-state index in [4.69, 9.17) is 0 Å². The number of allylic oxidation sites excluding steroid dienone is 16. The average molecular weight is 742 g/mol. The van der Waals surface area contributed by atoms with E-state index in [-0.39, 0.29) is 35.7 Å². The van der Waals surface area contributed by atoms with Crippen molar-refractivity contribution in [1.29, 1.82) is 0 Å². The third-order valence-corrected chi connectivity index (χ3v) is 5.64. The molecule has 0 spiro atoms. The van der Waals surface area contributed by atoms with Crippen LogP contribution in [0.15, 0.2) is 69.9 Å². The smallest absolute Gasteiger partial charge is 0.109 e. The molecule has 0 heterocycles. The van der Waals surface area contributed by atoms with Gasteiger partial charge in [-0.25, -0.2) is 35.5 Å². The first-order valence-corrected chi connectivity index (χ1v) is 25.1. The summed E-state index contributed by atoms with van der Waals surface area (Å²) in [6, 6.07) is 0. The maximum absolute atomic E-state index is 3.36. The van der Waals surface area contributed by atoms with Gasteiger partial charge >= 0.3 is 83.7 Å². The van der Waals surface area contributed by atoms with Gasteiger partial charge in [0.2, 0.25) is 0 Å². The van der Waals surface area contributed by atoms with Crippen LogP contribution in [0, 0.1) is 36.1 Å². The molecule has 0 aromatic rings. The fourth-order valence-corrected chi connectivity index (χ4v) is 3.00. The summed E-state index contributed by atoms with van der Waals surface area (Å²) >= 11 is 3.48. The van der Waals surface area contributed by atoms with Gasteiger partial charge in [0.25, 0.3) is 0 Å². The van der Waals surface area contributed by atoms with Crippen LogP contribution in [0.2, 0.25) is 26.2 Å². The third kappa shape index (κ3) is 25.7. The molecular formula is C32H48Cl2Si2Zr2-2. The van der Waals surface area contributed by atoms with Crippen molar-refractivity contribution in [3.05, 3.63) is 94.2 Å². The van der Waals surface area contributed by atoms with Crippen LogP contribution in [0.5, 0.6) is 0 Å². The van der Waals surface area contributed by atoms with Gasteiger partial charge in [-0.1, -0.05) is 53.4 Å². The van der Waals surface area contributed by atoms with E-state index < -0.39 is 0 Å². The zero-order chi connectivity index (χ0) is 28.3. The van der Waals surface area contributed by atoms with Crippen LogP contribution in [0.4, 0.5) is 0 Å². The second-order valence-electron chi connectivity index (χ2n) is 9.60. The fraction of sp³-hybridized carbons (Fsp3) is 0.500. The fourth-order valence-electron chi connectivity index (χ4n) is 3.00. The zero-order valence-corrected chi connectivity index (χ0v) is 34.2. The molecule has 38 heavy (non-hydrogen) atoms. The molecule has 2 unspecified atom stereocenters. The third-order valence-electron chi connectivity index (χ3n) is 5.64. The van der Waals surface area contributed by atoms with Crippen molar-refractivity contribution in [1.82, 2.24) is 0 Å². The van der Waals surface area contributed by atoms with Crippen LogP contribution in [-0.2, 0) is 46.7 Å². The Labute approximate surface area is 280 Å². The Hall–Kier alpha value is 0.700. The molecule has 0 N–H and O–H groups in total. The SMILES string of the molecule is CC1=[C-]C(C)C(C)=C1C.CC1=[C-]C(C)C(C)=C1C.C[Si](C)=[Zr+2].C[Si](C)=[Zr+2].[C-]1=CC=CC1.[C-]1=CC=CC1.[Cl-].[Cl-]. The number of hydrogen-bond donors (Lipinski definition) is 0. The van der Waals surface area contributed by atoms with Gasteiger partial charge in [-0.3, -0.25) is 24.3 Å². The van der Waals surface area contributed by atoms with Crippen molar-refractivity contribution in [2.75, 3.05) is 0 Å². The van der Waals surface area contributed by atoms with Crippen molar-refractivity contribution in [3.63, 3.8) is 0 Å². The quantitative estimate of drug-likeness (QED) is 0.263. The molecule has 208 valence electrons. The van der Waals surface area contributed by atoms with Crippen LogP contribution >= 0.6 is 0 Å². The second-order valence-corrected chi connectivity index (χ2v) is 28.4. The summed E-state index contributed by atoms with van der Waals surface area (Å²) < 4.78 is 0. The minimum absolute atomic E-state index is 0. The first-order chi connectivity index (χ1) is 16.7. The van der Waals surface area contributed by atoms with Crippen molar-refractivity contribution >= 4 is 10.9 Å². The maximum Gasteiger partial charge on any atom is -0.109 e. The summed E-state index contributed by atoms with van der Waals surface area (Å²) in [5.74, 6) is 1.12. The number of hydrogen-bond acceptors (Lipinski definition) is 0. The van der Waals surface area contributed by atoms with Crippen LogP contribution < -0.4 is 24.8 Å². The van der Waals surface area contributed by atoms with Crippen LogP contribution in [0.25, 0.3) is 0 Å². The summed E-state index contributed by atoms with van der Waals surface area (Å²) in [6.07, 6.45) is 26.7. The Morgan fingerprint density at radius 2 is 0.895 bits per heavy atom. The molecule has 4 aliphatic rings. The molecule has 2 atom stereocenters. The van der Waals surface area contributed by atoms with E-state index in [1.807, 2.05) is 24.3 Å². The van der Waals surface area contributed by atoms with Crippen molar-refractivity contribution < 1.29 is 71.5 Å². The van der Waals surface area contributed by atoms with Gasteiger partial charge in [0.15, 0.2) is 0 Å². The van der Waals surface area contributed by atoms with E-state index in [0.717, 1.165) is 12.8 Å². The van der Waals surface area contributed by atoms with Crippen molar-refractivity contribution in [3.8, 4) is 0 Å². The van der Waals surface area contributed by atoms with Gasteiger partial charge in [-0.05, 0) is 0 Å². The summed E-state index contributed by atoms with van der Waals surface area (Å²) in [7, 11) is 0. The predicted octanol–water partition coefficient (Wildman–Crippen LogP) is 3.63. The van der Waals surface area contributed by atoms with E-state index in [9.17, 15) is 0 Å². The Morgan fingerprint density at radius 1 is 0.632 bits per heavy atom. The monoisotopic (exact) mass is 738 g/mol. The molecular weight excluding hydrogens is 694 g/mol. The molecule has 0 radical (unpaired) electrons. The number of rotatable bonds is 0. The first-order valence-electron chi connectivity index (χ1n) is 12.7. The normalized spacial score (nSPS) is 18.9. The van der Waals surface area contributed by atoms with Crippen molar-refractivity contribution in [2.45, 2.75) is 94.4 Å². The van der Waals surface area contributed by atoms with E-state index in [0.29, 0.717) is 11.8 Å². The molecule has 0 saturated heterocycles. The average Bonchev–Trinajstić information content (AvgIpc) is 3.59. The second kappa shape index (κ2) is 27.8. The summed E-state index contributed by atoms with van der Waals surface area (Å²) in [5.41, 5.74) is 8.91. The first kappa shape index (κ1) is 45.7. The van der Waals surface area contributed by atoms with Crippen molar-refractivity contribution in [2.24, 2.45) is 11.8 Å². The Balaban J connectivity index is -0.000000187. The predicted molar refractivity (Wildman–Crippen MR) is 158 cm³/mol. The molecule has 0 aromatic heterocycles. The molecule has 0 saturated carbocycles. The van der Waals surface area contributed by atoms with Gasteiger partial charge < -0.3 is 24.8 Å². The largest absolute Gasteiger partial charge is 1.00 e. The standard InChI is InChI=1S/2C9H13.2C5H5.2C2H6Si.2ClH.2Zr/c2*1-6-5-7(2)9(4)8(6)3;2*1-2-4-5-3-1;2*1-3-2;;;;/h2*6H,1-4H3;2*1-3H,4H2;2*1-2H3;2*1H;;/q4*-1;;;;;2*+2/p-2. The Bertz CT molecular complexity index is 856. The molecule has 0 aromatic carbocycles. The van der Waals surface area contributed by atoms with Crippen LogP contribution in [-0.4, -0.2) is 10.9 Å². The molecule has 0 nitrogen and oxygen atoms in total. The number of halogens is 2. The van der Waals surface area contributed by atoms with Gasteiger partial charge in [0.1, 0.15) is 0 Å². The molecule has 4 aliphatic carbocycles.